The molecule has 4 aromatic rings. The second kappa shape index (κ2) is 9.49. The summed E-state index contributed by atoms with van der Waals surface area (Å²) in [5, 5.41) is 17.8. The lowest BCUT2D eigenvalue weighted by Crippen LogP contribution is -2.23. The van der Waals surface area contributed by atoms with Crippen LogP contribution in [0.2, 0.25) is 0 Å². The highest BCUT2D eigenvalue weighted by atomic mass is 19.1. The van der Waals surface area contributed by atoms with Crippen molar-refractivity contribution in [1.82, 2.24) is 20.5 Å². The number of H-pyrrole nitrogens is 1. The smallest absolute Gasteiger partial charge is 0.290 e. The van der Waals surface area contributed by atoms with Crippen LogP contribution in [0.3, 0.4) is 0 Å². The maximum absolute atomic E-state index is 14.1. The standard InChI is InChI=1S/C21H18FN5O.CH2O2/c1-12-2-3-18-17(6-12)20(27-26-18)11-25-21(28)14-7-13(8-15(22)9-14)19-10-16(23)4-5-24-19;2-1-3/h2-10H,11H2,1H3,(H2,23,24)(H,25,28)(H,26,27);1H,(H,2,3). The number of nitrogens with zero attached hydrogens (tertiary/aromatic N) is 2. The Morgan fingerprint density at radius 2 is 2.00 bits per heavy atom. The molecule has 31 heavy (non-hydrogen) atoms. The summed E-state index contributed by atoms with van der Waals surface area (Å²) in [5.74, 6) is -0.908. The van der Waals surface area contributed by atoms with Crippen LogP contribution in [0.4, 0.5) is 10.1 Å². The normalized spacial score (nSPS) is 10.3. The SMILES string of the molecule is Cc1ccc2n[nH]c(CNC(=O)c3cc(F)cc(-c4cc(N)ccn4)c3)c2c1.O=CO. The summed E-state index contributed by atoms with van der Waals surface area (Å²) in [6.07, 6.45) is 1.54. The summed E-state index contributed by atoms with van der Waals surface area (Å²) in [6.45, 7) is 1.99. The van der Waals surface area contributed by atoms with Gasteiger partial charge in [0, 0.05) is 28.4 Å². The second-order valence-corrected chi connectivity index (χ2v) is 6.71. The topological polar surface area (TPSA) is 134 Å². The molecule has 2 aromatic heterocycles. The highest BCUT2D eigenvalue weighted by Crippen LogP contribution is 2.22. The molecule has 0 saturated carbocycles. The lowest BCUT2D eigenvalue weighted by atomic mass is 10.1. The third kappa shape index (κ3) is 5.21. The van der Waals surface area contributed by atoms with Crippen molar-refractivity contribution < 1.29 is 19.1 Å². The Balaban J connectivity index is 0.000000858. The number of carbonyl (C=O) groups excluding carboxylic acids is 1. The number of carboxylic acid groups (broad SMARTS) is 1. The average Bonchev–Trinajstić information content (AvgIpc) is 3.14. The van der Waals surface area contributed by atoms with E-state index in [0.29, 0.717) is 16.9 Å². The lowest BCUT2D eigenvalue weighted by molar-refractivity contribution is -0.122. The number of nitrogens with two attached hydrogens (primary N) is 1. The number of benzene rings is 2. The molecule has 0 saturated heterocycles. The van der Waals surface area contributed by atoms with Crippen molar-refractivity contribution >= 4 is 29.0 Å². The number of carbonyl (C=O) groups is 2. The summed E-state index contributed by atoms with van der Waals surface area (Å²) < 4.78 is 14.1. The van der Waals surface area contributed by atoms with Gasteiger partial charge in [-0.25, -0.2) is 4.39 Å². The molecule has 8 nitrogen and oxygen atoms in total. The molecular formula is C22H20FN5O3. The van der Waals surface area contributed by atoms with E-state index in [4.69, 9.17) is 15.6 Å². The zero-order valence-corrected chi connectivity index (χ0v) is 16.6. The fourth-order valence-electron chi connectivity index (χ4n) is 3.06. The number of halogens is 1. The summed E-state index contributed by atoms with van der Waals surface area (Å²) in [4.78, 5) is 25.1. The van der Waals surface area contributed by atoms with Crippen molar-refractivity contribution in [1.29, 1.82) is 0 Å². The van der Waals surface area contributed by atoms with Gasteiger partial charge in [0.2, 0.25) is 0 Å². The molecule has 0 atom stereocenters. The van der Waals surface area contributed by atoms with E-state index in [2.05, 4.69) is 20.5 Å². The van der Waals surface area contributed by atoms with Crippen LogP contribution in [0, 0.1) is 12.7 Å². The van der Waals surface area contributed by atoms with Crippen molar-refractivity contribution in [3.63, 3.8) is 0 Å². The summed E-state index contributed by atoms with van der Waals surface area (Å²) in [7, 11) is 0. The molecule has 0 spiro atoms. The lowest BCUT2D eigenvalue weighted by Gasteiger charge is -2.08. The molecule has 0 radical (unpaired) electrons. The van der Waals surface area contributed by atoms with Crippen LogP contribution in [0.15, 0.2) is 54.7 Å². The second-order valence-electron chi connectivity index (χ2n) is 6.71. The van der Waals surface area contributed by atoms with Gasteiger partial charge in [0.15, 0.2) is 0 Å². The third-order valence-corrected chi connectivity index (χ3v) is 4.45. The largest absolute Gasteiger partial charge is 0.483 e. The van der Waals surface area contributed by atoms with Crippen LogP contribution in [-0.4, -0.2) is 32.7 Å². The van der Waals surface area contributed by atoms with Gasteiger partial charge in [-0.2, -0.15) is 5.10 Å². The molecular weight excluding hydrogens is 401 g/mol. The number of pyridine rings is 1. The fourth-order valence-corrected chi connectivity index (χ4v) is 3.06. The van der Waals surface area contributed by atoms with E-state index in [1.807, 2.05) is 25.1 Å². The van der Waals surface area contributed by atoms with E-state index in [0.717, 1.165) is 22.2 Å². The van der Waals surface area contributed by atoms with E-state index < -0.39 is 5.82 Å². The number of aryl methyl sites for hydroxylation is 1. The summed E-state index contributed by atoms with van der Waals surface area (Å²) >= 11 is 0. The zero-order chi connectivity index (χ0) is 22.4. The molecule has 2 heterocycles. The maximum Gasteiger partial charge on any atom is 0.290 e. The first-order valence-electron chi connectivity index (χ1n) is 9.23. The molecule has 4 rings (SSSR count). The Labute approximate surface area is 176 Å². The third-order valence-electron chi connectivity index (χ3n) is 4.45. The molecule has 0 fully saturated rings. The van der Waals surface area contributed by atoms with Gasteiger partial charge < -0.3 is 16.2 Å². The molecule has 0 aliphatic rings. The van der Waals surface area contributed by atoms with Crippen LogP contribution >= 0.6 is 0 Å². The first-order valence-corrected chi connectivity index (χ1v) is 9.23. The van der Waals surface area contributed by atoms with Crippen molar-refractivity contribution in [3.8, 4) is 11.3 Å². The van der Waals surface area contributed by atoms with Gasteiger partial charge in [0.1, 0.15) is 5.82 Å². The molecule has 5 N–H and O–H groups in total. The van der Waals surface area contributed by atoms with Gasteiger partial charge in [0.05, 0.1) is 23.4 Å². The monoisotopic (exact) mass is 421 g/mol. The highest BCUT2D eigenvalue weighted by molar-refractivity contribution is 5.95. The predicted molar refractivity (Wildman–Crippen MR) is 115 cm³/mol. The number of amides is 1. The Hall–Kier alpha value is -4.27. The van der Waals surface area contributed by atoms with E-state index >= 15 is 0 Å². The number of aromatic nitrogens is 3. The van der Waals surface area contributed by atoms with Crippen molar-refractivity contribution in [3.05, 3.63) is 77.4 Å². The van der Waals surface area contributed by atoms with Crippen molar-refractivity contribution in [2.45, 2.75) is 13.5 Å². The van der Waals surface area contributed by atoms with Crippen LogP contribution < -0.4 is 11.1 Å². The zero-order valence-electron chi connectivity index (χ0n) is 16.6. The number of fused-ring (bicyclic) bond motifs is 1. The number of anilines is 1. The van der Waals surface area contributed by atoms with E-state index in [9.17, 15) is 9.18 Å². The Bertz CT molecular complexity index is 1240. The molecule has 1 amide bonds. The Morgan fingerprint density at radius 3 is 2.74 bits per heavy atom. The molecule has 0 unspecified atom stereocenters. The van der Waals surface area contributed by atoms with Crippen LogP contribution in [0.5, 0.6) is 0 Å². The molecule has 9 heteroatoms. The summed E-state index contributed by atoms with van der Waals surface area (Å²) in [6, 6.07) is 13.3. The van der Waals surface area contributed by atoms with E-state index in [1.165, 1.54) is 12.1 Å². The minimum absolute atomic E-state index is 0.208. The predicted octanol–water partition coefficient (Wildman–Crippen LogP) is 3.29. The van der Waals surface area contributed by atoms with Gasteiger partial charge in [-0.05, 0) is 49.4 Å². The minimum atomic E-state index is -0.519. The van der Waals surface area contributed by atoms with Crippen molar-refractivity contribution in [2.75, 3.05) is 5.73 Å². The molecule has 0 aliphatic heterocycles. The molecule has 2 aromatic carbocycles. The molecule has 0 bridgehead atoms. The minimum Gasteiger partial charge on any atom is -0.483 e. The van der Waals surface area contributed by atoms with Crippen LogP contribution in [0.25, 0.3) is 22.2 Å². The number of aromatic amines is 1. The van der Waals surface area contributed by atoms with Gasteiger partial charge >= 0.3 is 0 Å². The first kappa shape index (κ1) is 21.4. The van der Waals surface area contributed by atoms with Gasteiger partial charge in [0.25, 0.3) is 12.4 Å². The molecule has 0 aliphatic carbocycles. The van der Waals surface area contributed by atoms with Crippen molar-refractivity contribution in [2.24, 2.45) is 0 Å². The quantitative estimate of drug-likeness (QED) is 0.374. The van der Waals surface area contributed by atoms with E-state index in [-0.39, 0.29) is 24.5 Å². The number of rotatable bonds is 4. The molecule has 158 valence electrons. The Kier molecular flexibility index (Phi) is 6.56. The van der Waals surface area contributed by atoms with Gasteiger partial charge in [-0.15, -0.1) is 0 Å². The van der Waals surface area contributed by atoms with Crippen LogP contribution in [0.1, 0.15) is 21.6 Å². The average molecular weight is 421 g/mol. The van der Waals surface area contributed by atoms with Gasteiger partial charge in [-0.1, -0.05) is 11.6 Å². The highest BCUT2D eigenvalue weighted by Gasteiger charge is 2.12. The van der Waals surface area contributed by atoms with Gasteiger partial charge in [-0.3, -0.25) is 19.7 Å². The number of nitrogen functional groups attached to an aromatic ring is 1. The number of hydrogen-bond acceptors (Lipinski definition) is 5. The first-order chi connectivity index (χ1) is 14.9. The van der Waals surface area contributed by atoms with Crippen LogP contribution in [-0.2, 0) is 11.3 Å². The maximum atomic E-state index is 14.1. The fraction of sp³-hybridized carbons (Fsp3) is 0.0909. The number of nitrogens with one attached hydrogen (secondary N) is 2. The Morgan fingerprint density at radius 1 is 1.23 bits per heavy atom. The summed E-state index contributed by atoms with van der Waals surface area (Å²) in [5.41, 5.74) is 10.2. The van der Waals surface area contributed by atoms with E-state index in [1.54, 1.807) is 24.4 Å². The number of hydrogen-bond donors (Lipinski definition) is 4.